The van der Waals surface area contributed by atoms with E-state index in [2.05, 4.69) is 4.90 Å². The molecule has 3 aliphatic rings. The van der Waals surface area contributed by atoms with Crippen molar-refractivity contribution in [2.24, 2.45) is 5.92 Å². The lowest BCUT2D eigenvalue weighted by Gasteiger charge is -2.36. The minimum atomic E-state index is -0.104. The normalized spacial score (nSPS) is 37.2. The molecule has 0 spiro atoms. The Balaban J connectivity index is 1.49. The monoisotopic (exact) mass is 239 g/mol. The molecule has 17 heavy (non-hydrogen) atoms. The molecule has 0 aromatic rings. The Bertz CT molecular complexity index is 241. The van der Waals surface area contributed by atoms with Crippen LogP contribution in [0.25, 0.3) is 0 Å². The number of aliphatic hydroxyl groups excluding tert-OH is 1. The summed E-state index contributed by atoms with van der Waals surface area (Å²) in [6.07, 6.45) is 9.71. The second kappa shape index (κ2) is 5.25. The number of aliphatic hydroxyl groups is 1. The topological polar surface area (TPSA) is 32.7 Å². The molecule has 3 rings (SSSR count). The van der Waals surface area contributed by atoms with Gasteiger partial charge < -0.3 is 9.84 Å². The minimum absolute atomic E-state index is 0.104. The zero-order chi connectivity index (χ0) is 11.7. The smallest absolute Gasteiger partial charge is 0.0707 e. The number of ether oxygens (including phenoxy) is 1. The van der Waals surface area contributed by atoms with E-state index in [1.807, 2.05) is 0 Å². The first-order valence-electron chi connectivity index (χ1n) is 7.37. The molecule has 3 unspecified atom stereocenters. The quantitative estimate of drug-likeness (QED) is 0.815. The SMILES string of the molecule is OC(CN1CC2CCC(C1)O2)C1CCCCC1. The summed E-state index contributed by atoms with van der Waals surface area (Å²) in [6, 6.07) is 0. The van der Waals surface area contributed by atoms with Crippen molar-refractivity contribution in [1.82, 2.24) is 4.90 Å². The molecule has 0 radical (unpaired) electrons. The molecule has 3 heteroatoms. The van der Waals surface area contributed by atoms with Gasteiger partial charge in [-0.25, -0.2) is 0 Å². The van der Waals surface area contributed by atoms with Crippen molar-refractivity contribution in [3.8, 4) is 0 Å². The predicted molar refractivity (Wildman–Crippen MR) is 66.9 cm³/mol. The van der Waals surface area contributed by atoms with Crippen molar-refractivity contribution >= 4 is 0 Å². The van der Waals surface area contributed by atoms with E-state index >= 15 is 0 Å². The van der Waals surface area contributed by atoms with Gasteiger partial charge in [0.1, 0.15) is 0 Å². The maximum absolute atomic E-state index is 10.3. The summed E-state index contributed by atoms with van der Waals surface area (Å²) in [5.74, 6) is 0.559. The highest BCUT2D eigenvalue weighted by molar-refractivity contribution is 4.86. The number of hydrogen-bond acceptors (Lipinski definition) is 3. The van der Waals surface area contributed by atoms with Crippen LogP contribution < -0.4 is 0 Å². The van der Waals surface area contributed by atoms with Gasteiger partial charge in [0, 0.05) is 19.6 Å². The molecule has 3 atom stereocenters. The summed E-state index contributed by atoms with van der Waals surface area (Å²) in [6.45, 7) is 2.96. The molecule has 2 heterocycles. The third-order valence-corrected chi connectivity index (χ3v) is 4.76. The average molecular weight is 239 g/mol. The van der Waals surface area contributed by atoms with Gasteiger partial charge in [-0.05, 0) is 31.6 Å². The molecule has 1 saturated carbocycles. The van der Waals surface area contributed by atoms with Crippen molar-refractivity contribution in [2.75, 3.05) is 19.6 Å². The minimum Gasteiger partial charge on any atom is -0.392 e. The molecule has 2 saturated heterocycles. The van der Waals surface area contributed by atoms with Gasteiger partial charge in [-0.15, -0.1) is 0 Å². The second-order valence-corrected chi connectivity index (χ2v) is 6.14. The first-order valence-corrected chi connectivity index (χ1v) is 7.37. The van der Waals surface area contributed by atoms with Crippen LogP contribution in [0.3, 0.4) is 0 Å². The molecule has 3 nitrogen and oxygen atoms in total. The molecular formula is C14H25NO2. The largest absolute Gasteiger partial charge is 0.392 e. The van der Waals surface area contributed by atoms with Crippen LogP contribution in [0.1, 0.15) is 44.9 Å². The highest BCUT2D eigenvalue weighted by Gasteiger charge is 2.35. The van der Waals surface area contributed by atoms with E-state index in [1.165, 1.54) is 44.9 Å². The fourth-order valence-electron chi connectivity index (χ4n) is 3.78. The van der Waals surface area contributed by atoms with Gasteiger partial charge in [-0.1, -0.05) is 19.3 Å². The molecule has 0 aromatic carbocycles. The van der Waals surface area contributed by atoms with Gasteiger partial charge in [0.05, 0.1) is 18.3 Å². The first-order chi connectivity index (χ1) is 8.31. The number of nitrogens with zero attached hydrogens (tertiary/aromatic N) is 1. The van der Waals surface area contributed by atoms with Gasteiger partial charge >= 0.3 is 0 Å². The van der Waals surface area contributed by atoms with Crippen LogP contribution in [0.5, 0.6) is 0 Å². The average Bonchev–Trinajstić information content (AvgIpc) is 2.70. The summed E-state index contributed by atoms with van der Waals surface area (Å²) in [7, 11) is 0. The maximum Gasteiger partial charge on any atom is 0.0707 e. The number of rotatable bonds is 3. The molecule has 0 amide bonds. The maximum atomic E-state index is 10.3. The van der Waals surface area contributed by atoms with E-state index in [-0.39, 0.29) is 6.10 Å². The first kappa shape index (κ1) is 11.9. The van der Waals surface area contributed by atoms with Gasteiger partial charge in [0.15, 0.2) is 0 Å². The Kier molecular flexibility index (Phi) is 3.69. The Morgan fingerprint density at radius 1 is 1.00 bits per heavy atom. The van der Waals surface area contributed by atoms with Crippen LogP contribution in [-0.2, 0) is 4.74 Å². The number of β-amino-alcohol motifs (C(OH)–C–C–N with tert-alkyl or cyclic N) is 1. The van der Waals surface area contributed by atoms with Crippen molar-refractivity contribution < 1.29 is 9.84 Å². The summed E-state index contributed by atoms with van der Waals surface area (Å²) in [5.41, 5.74) is 0. The van der Waals surface area contributed by atoms with Crippen molar-refractivity contribution in [2.45, 2.75) is 63.3 Å². The van der Waals surface area contributed by atoms with E-state index in [0.717, 1.165) is 19.6 Å². The molecule has 98 valence electrons. The van der Waals surface area contributed by atoms with Crippen LogP contribution >= 0.6 is 0 Å². The Morgan fingerprint density at radius 2 is 1.65 bits per heavy atom. The predicted octanol–water partition coefficient (Wildman–Crippen LogP) is 1.79. The zero-order valence-corrected chi connectivity index (χ0v) is 10.7. The molecule has 1 N–H and O–H groups in total. The molecule has 0 aromatic heterocycles. The van der Waals surface area contributed by atoms with Crippen molar-refractivity contribution in [1.29, 1.82) is 0 Å². The number of likely N-dealkylation sites (tertiary alicyclic amines) is 1. The Hall–Kier alpha value is -0.120. The van der Waals surface area contributed by atoms with Gasteiger partial charge in [0.25, 0.3) is 0 Å². The molecule has 1 aliphatic carbocycles. The molecular weight excluding hydrogens is 214 g/mol. The molecule has 2 bridgehead atoms. The highest BCUT2D eigenvalue weighted by Crippen LogP contribution is 2.29. The standard InChI is InChI=1S/C14H25NO2/c16-14(11-4-2-1-3-5-11)10-15-8-12-6-7-13(9-15)17-12/h11-14,16H,1-10H2. The van der Waals surface area contributed by atoms with Gasteiger partial charge in [0.2, 0.25) is 0 Å². The molecule has 2 aliphatic heterocycles. The Morgan fingerprint density at radius 3 is 2.29 bits per heavy atom. The van der Waals surface area contributed by atoms with E-state index in [9.17, 15) is 5.11 Å². The van der Waals surface area contributed by atoms with E-state index in [4.69, 9.17) is 4.74 Å². The lowest BCUT2D eigenvalue weighted by Crippen LogP contribution is -2.47. The zero-order valence-electron chi connectivity index (χ0n) is 10.7. The van der Waals surface area contributed by atoms with Crippen LogP contribution in [-0.4, -0.2) is 48.0 Å². The van der Waals surface area contributed by atoms with E-state index in [1.54, 1.807) is 0 Å². The van der Waals surface area contributed by atoms with E-state index in [0.29, 0.717) is 18.1 Å². The van der Waals surface area contributed by atoms with Crippen LogP contribution in [0.4, 0.5) is 0 Å². The fraction of sp³-hybridized carbons (Fsp3) is 1.00. The molecule has 3 fully saturated rings. The van der Waals surface area contributed by atoms with Crippen LogP contribution in [0.15, 0.2) is 0 Å². The number of hydrogen-bond donors (Lipinski definition) is 1. The van der Waals surface area contributed by atoms with Crippen LogP contribution in [0, 0.1) is 5.92 Å². The van der Waals surface area contributed by atoms with E-state index < -0.39 is 0 Å². The summed E-state index contributed by atoms with van der Waals surface area (Å²) < 4.78 is 5.83. The van der Waals surface area contributed by atoms with Gasteiger partial charge in [-0.3, -0.25) is 4.90 Å². The highest BCUT2D eigenvalue weighted by atomic mass is 16.5. The Labute approximate surface area is 104 Å². The summed E-state index contributed by atoms with van der Waals surface area (Å²) >= 11 is 0. The van der Waals surface area contributed by atoms with Crippen LogP contribution in [0.2, 0.25) is 0 Å². The van der Waals surface area contributed by atoms with Gasteiger partial charge in [-0.2, -0.15) is 0 Å². The lowest BCUT2D eigenvalue weighted by atomic mass is 9.85. The van der Waals surface area contributed by atoms with Crippen molar-refractivity contribution in [3.05, 3.63) is 0 Å². The fourth-order valence-corrected chi connectivity index (χ4v) is 3.78. The summed E-state index contributed by atoms with van der Waals surface area (Å²) in [4.78, 5) is 2.44. The third-order valence-electron chi connectivity index (χ3n) is 4.76. The second-order valence-electron chi connectivity index (χ2n) is 6.14. The van der Waals surface area contributed by atoms with Crippen molar-refractivity contribution in [3.63, 3.8) is 0 Å². The third kappa shape index (κ3) is 2.83. The number of fused-ring (bicyclic) bond motifs is 2. The number of morpholine rings is 1. The summed E-state index contributed by atoms with van der Waals surface area (Å²) in [5, 5.41) is 10.3. The lowest BCUT2D eigenvalue weighted by molar-refractivity contribution is -0.0568.